The fraction of sp³-hybridized carbons (Fsp3) is 0.391. The smallest absolute Gasteiger partial charge is 0.241 e. The number of nitrogens with zero attached hydrogens (tertiary/aromatic N) is 1. The third kappa shape index (κ3) is 5.87. The second-order valence-electron chi connectivity index (χ2n) is 7.43. The summed E-state index contributed by atoms with van der Waals surface area (Å²) in [5.74, 6) is -0.362. The zero-order chi connectivity index (χ0) is 20.6. The number of amides is 2. The lowest BCUT2D eigenvalue weighted by Gasteiger charge is -2.36. The van der Waals surface area contributed by atoms with Gasteiger partial charge in [0.25, 0.3) is 0 Å². The number of nitrogens with one attached hydrogen (secondary N) is 2. The Morgan fingerprint density at radius 2 is 1.72 bits per heavy atom. The maximum Gasteiger partial charge on any atom is 0.241 e. The number of hydrogen-bond acceptors (Lipinski definition) is 3. The summed E-state index contributed by atoms with van der Waals surface area (Å²) in [5.41, 5.74) is 1.67. The largest absolute Gasteiger partial charge is 0.352 e. The van der Waals surface area contributed by atoms with Crippen LogP contribution in [0.4, 0.5) is 10.1 Å². The van der Waals surface area contributed by atoms with Crippen LogP contribution in [0, 0.1) is 11.7 Å². The van der Waals surface area contributed by atoms with Gasteiger partial charge in [-0.3, -0.25) is 14.5 Å². The lowest BCUT2D eigenvalue weighted by molar-refractivity contribution is -0.127. The summed E-state index contributed by atoms with van der Waals surface area (Å²) in [6, 6.07) is 15.4. The van der Waals surface area contributed by atoms with Crippen LogP contribution in [-0.2, 0) is 16.1 Å². The SMILES string of the molecule is CC[C@@H](C(=O)Nc1ccc(F)cc1)N1CCC(C(=O)NCc2ccccc2)CC1. The Hall–Kier alpha value is -2.73. The van der Waals surface area contributed by atoms with Gasteiger partial charge in [0.1, 0.15) is 5.82 Å². The molecule has 2 aromatic rings. The number of benzene rings is 2. The fourth-order valence-electron chi connectivity index (χ4n) is 3.77. The van der Waals surface area contributed by atoms with Gasteiger partial charge < -0.3 is 10.6 Å². The number of likely N-dealkylation sites (tertiary alicyclic amines) is 1. The van der Waals surface area contributed by atoms with Crippen LogP contribution in [0.15, 0.2) is 54.6 Å². The van der Waals surface area contributed by atoms with E-state index in [9.17, 15) is 14.0 Å². The Bertz CT molecular complexity index is 803. The van der Waals surface area contributed by atoms with Gasteiger partial charge in [0.2, 0.25) is 11.8 Å². The van der Waals surface area contributed by atoms with Crippen molar-refractivity contribution in [3.63, 3.8) is 0 Å². The molecule has 5 nitrogen and oxygen atoms in total. The Kier molecular flexibility index (Phi) is 7.36. The number of piperidine rings is 1. The summed E-state index contributed by atoms with van der Waals surface area (Å²) >= 11 is 0. The number of hydrogen-bond donors (Lipinski definition) is 2. The predicted octanol–water partition coefficient (Wildman–Crippen LogP) is 3.57. The minimum absolute atomic E-state index is 0.0207. The first kappa shape index (κ1) is 21.0. The molecule has 0 radical (unpaired) electrons. The van der Waals surface area contributed by atoms with Crippen LogP contribution in [0.5, 0.6) is 0 Å². The van der Waals surface area contributed by atoms with Gasteiger partial charge >= 0.3 is 0 Å². The molecular formula is C23H28FN3O2. The average molecular weight is 397 g/mol. The van der Waals surface area contributed by atoms with E-state index in [4.69, 9.17) is 0 Å². The summed E-state index contributed by atoms with van der Waals surface area (Å²) in [6.45, 7) is 3.93. The highest BCUT2D eigenvalue weighted by atomic mass is 19.1. The van der Waals surface area contributed by atoms with Gasteiger partial charge in [-0.05, 0) is 62.2 Å². The van der Waals surface area contributed by atoms with Crippen molar-refractivity contribution < 1.29 is 14.0 Å². The third-order valence-corrected chi connectivity index (χ3v) is 5.45. The molecule has 0 bridgehead atoms. The lowest BCUT2D eigenvalue weighted by Crippen LogP contribution is -2.49. The highest BCUT2D eigenvalue weighted by Crippen LogP contribution is 2.21. The molecule has 1 fully saturated rings. The van der Waals surface area contributed by atoms with Gasteiger partial charge in [0.15, 0.2) is 0 Å². The molecule has 1 heterocycles. The molecule has 2 amide bonds. The minimum Gasteiger partial charge on any atom is -0.352 e. The van der Waals surface area contributed by atoms with Crippen molar-refractivity contribution in [2.75, 3.05) is 18.4 Å². The molecular weight excluding hydrogens is 369 g/mol. The zero-order valence-corrected chi connectivity index (χ0v) is 16.7. The van der Waals surface area contributed by atoms with Crippen molar-refractivity contribution in [2.24, 2.45) is 5.92 Å². The quantitative estimate of drug-likeness (QED) is 0.751. The van der Waals surface area contributed by atoms with Gasteiger partial charge in [-0.25, -0.2) is 4.39 Å². The van der Waals surface area contributed by atoms with Gasteiger partial charge in [-0.1, -0.05) is 37.3 Å². The Morgan fingerprint density at radius 3 is 2.34 bits per heavy atom. The van der Waals surface area contributed by atoms with Crippen molar-refractivity contribution in [1.29, 1.82) is 0 Å². The van der Waals surface area contributed by atoms with Gasteiger partial charge in [0.05, 0.1) is 6.04 Å². The molecule has 1 saturated heterocycles. The van der Waals surface area contributed by atoms with Crippen molar-refractivity contribution in [1.82, 2.24) is 10.2 Å². The lowest BCUT2D eigenvalue weighted by atomic mass is 9.94. The number of anilines is 1. The Labute approximate surface area is 171 Å². The van der Waals surface area contributed by atoms with Crippen LogP contribution < -0.4 is 10.6 Å². The zero-order valence-electron chi connectivity index (χ0n) is 16.7. The molecule has 0 aliphatic carbocycles. The molecule has 1 aliphatic heterocycles. The van der Waals surface area contributed by atoms with Crippen LogP contribution >= 0.6 is 0 Å². The third-order valence-electron chi connectivity index (χ3n) is 5.45. The average Bonchev–Trinajstić information content (AvgIpc) is 2.75. The second-order valence-corrected chi connectivity index (χ2v) is 7.43. The van der Waals surface area contributed by atoms with Crippen LogP contribution in [0.1, 0.15) is 31.7 Å². The molecule has 2 aromatic carbocycles. The standard InChI is InChI=1S/C23H28FN3O2/c1-2-21(23(29)26-20-10-8-19(24)9-11-20)27-14-12-18(13-15-27)22(28)25-16-17-6-4-3-5-7-17/h3-11,18,21H,2,12-16H2,1H3,(H,25,28)(H,26,29)/t21-/m0/s1. The van der Waals surface area contributed by atoms with Gasteiger partial charge in [-0.2, -0.15) is 0 Å². The van der Waals surface area contributed by atoms with Crippen LogP contribution in [-0.4, -0.2) is 35.8 Å². The van der Waals surface area contributed by atoms with E-state index in [1.807, 2.05) is 37.3 Å². The molecule has 154 valence electrons. The highest BCUT2D eigenvalue weighted by Gasteiger charge is 2.31. The monoisotopic (exact) mass is 397 g/mol. The Morgan fingerprint density at radius 1 is 1.07 bits per heavy atom. The molecule has 6 heteroatoms. The molecule has 1 atom stereocenters. The van der Waals surface area contributed by atoms with Crippen LogP contribution in [0.2, 0.25) is 0 Å². The van der Waals surface area contributed by atoms with E-state index in [0.29, 0.717) is 31.7 Å². The van der Waals surface area contributed by atoms with E-state index in [2.05, 4.69) is 15.5 Å². The van der Waals surface area contributed by atoms with E-state index in [-0.39, 0.29) is 29.6 Å². The second kappa shape index (κ2) is 10.2. The normalized spacial score (nSPS) is 16.2. The topological polar surface area (TPSA) is 61.4 Å². The summed E-state index contributed by atoms with van der Waals surface area (Å²) in [4.78, 5) is 27.3. The summed E-state index contributed by atoms with van der Waals surface area (Å²) in [6.07, 6.45) is 2.15. The van der Waals surface area contributed by atoms with Crippen LogP contribution in [0.25, 0.3) is 0 Å². The number of carbonyl (C=O) groups excluding carboxylic acids is 2. The van der Waals surface area contributed by atoms with Crippen molar-refractivity contribution in [3.05, 3.63) is 66.0 Å². The van der Waals surface area contributed by atoms with E-state index < -0.39 is 0 Å². The number of halogens is 1. The van der Waals surface area contributed by atoms with Crippen molar-refractivity contribution in [2.45, 2.75) is 38.8 Å². The van der Waals surface area contributed by atoms with Gasteiger partial charge in [0, 0.05) is 18.2 Å². The maximum absolute atomic E-state index is 13.0. The molecule has 1 aliphatic rings. The molecule has 0 spiro atoms. The fourth-order valence-corrected chi connectivity index (χ4v) is 3.77. The number of rotatable bonds is 7. The van der Waals surface area contributed by atoms with Gasteiger partial charge in [-0.15, -0.1) is 0 Å². The number of carbonyl (C=O) groups is 2. The minimum atomic E-state index is -0.331. The van der Waals surface area contributed by atoms with Crippen molar-refractivity contribution in [3.8, 4) is 0 Å². The molecule has 2 N–H and O–H groups in total. The Balaban J connectivity index is 1.48. The first-order chi connectivity index (χ1) is 14.1. The van der Waals surface area contributed by atoms with E-state index >= 15 is 0 Å². The molecule has 0 saturated carbocycles. The molecule has 0 unspecified atom stereocenters. The van der Waals surface area contributed by atoms with Crippen LogP contribution in [0.3, 0.4) is 0 Å². The first-order valence-electron chi connectivity index (χ1n) is 10.2. The highest BCUT2D eigenvalue weighted by molar-refractivity contribution is 5.94. The molecule has 29 heavy (non-hydrogen) atoms. The van der Waals surface area contributed by atoms with E-state index in [1.54, 1.807) is 12.1 Å². The molecule has 3 rings (SSSR count). The summed E-state index contributed by atoms with van der Waals surface area (Å²) in [7, 11) is 0. The van der Waals surface area contributed by atoms with Crippen molar-refractivity contribution >= 4 is 17.5 Å². The predicted molar refractivity (Wildman–Crippen MR) is 112 cm³/mol. The maximum atomic E-state index is 13.0. The first-order valence-corrected chi connectivity index (χ1v) is 10.2. The van der Waals surface area contributed by atoms with E-state index in [1.165, 1.54) is 12.1 Å². The van der Waals surface area contributed by atoms with E-state index in [0.717, 1.165) is 18.4 Å². The summed E-state index contributed by atoms with van der Waals surface area (Å²) < 4.78 is 13.0. The summed E-state index contributed by atoms with van der Waals surface area (Å²) in [5, 5.41) is 5.88. The molecule has 0 aromatic heterocycles.